The quantitative estimate of drug-likeness (QED) is 0.175. The summed E-state index contributed by atoms with van der Waals surface area (Å²) in [6, 6.07) is 12.7. The first-order chi connectivity index (χ1) is 28.0. The van der Waals surface area contributed by atoms with Crippen molar-refractivity contribution in [3.8, 4) is 23.2 Å². The van der Waals surface area contributed by atoms with Crippen LogP contribution in [0.15, 0.2) is 53.6 Å². The number of ether oxygens (including phenoxy) is 1. The first kappa shape index (κ1) is 38.7. The highest BCUT2D eigenvalue weighted by Crippen LogP contribution is 2.38. The number of benzene rings is 1. The van der Waals surface area contributed by atoms with Gasteiger partial charge in [0.2, 0.25) is 11.8 Å². The molecule has 302 valence electrons. The lowest BCUT2D eigenvalue weighted by molar-refractivity contribution is -0.135. The zero-order chi connectivity index (χ0) is 40.7. The van der Waals surface area contributed by atoms with Crippen molar-refractivity contribution in [3.63, 3.8) is 0 Å². The predicted octanol–water partition coefficient (Wildman–Crippen LogP) is 3.84. The van der Waals surface area contributed by atoms with Crippen molar-refractivity contribution >= 4 is 45.6 Å². The maximum atomic E-state index is 13.7. The highest BCUT2D eigenvalue weighted by Gasteiger charge is 2.34. The molecule has 0 spiro atoms. The number of piperidine rings is 1. The van der Waals surface area contributed by atoms with E-state index in [1.807, 2.05) is 44.2 Å². The number of carbonyl (C=O) groups is 3. The lowest BCUT2D eigenvalue weighted by Crippen LogP contribution is -2.48. The Balaban J connectivity index is 0.885. The van der Waals surface area contributed by atoms with Crippen LogP contribution in [-0.4, -0.2) is 98.3 Å². The van der Waals surface area contributed by atoms with E-state index in [4.69, 9.17) is 4.74 Å². The largest absolute Gasteiger partial charge is 0.494 e. The van der Waals surface area contributed by atoms with Crippen LogP contribution in [0.1, 0.15) is 74.3 Å². The highest BCUT2D eigenvalue weighted by atomic mass is 16.5. The monoisotopic (exact) mass is 787 g/mol. The third-order valence-electron chi connectivity index (χ3n) is 11.8. The number of rotatable bonds is 10. The summed E-state index contributed by atoms with van der Waals surface area (Å²) in [5.74, 6) is 0.268. The fourth-order valence-electron chi connectivity index (χ4n) is 8.87. The summed E-state index contributed by atoms with van der Waals surface area (Å²) in [7, 11) is 3.35. The molecule has 2 saturated heterocycles. The van der Waals surface area contributed by atoms with Gasteiger partial charge in [0.25, 0.3) is 5.91 Å². The second-order valence-electron chi connectivity index (χ2n) is 16.0. The molecule has 3 amide bonds. The van der Waals surface area contributed by atoms with Crippen LogP contribution < -0.4 is 31.3 Å². The molecule has 16 heteroatoms. The average molecular weight is 788 g/mol. The molecule has 0 radical (unpaired) electrons. The van der Waals surface area contributed by atoms with Gasteiger partial charge in [-0.3, -0.25) is 38.7 Å². The van der Waals surface area contributed by atoms with E-state index < -0.39 is 11.9 Å². The van der Waals surface area contributed by atoms with Crippen molar-refractivity contribution in [3.05, 3.63) is 70.4 Å². The standard InChI is InChI=1S/C42H49N11O5/c1-25(2)46-31-20-32(33-10-9-29-19-27(21-43)22-45-53(29)33)44-23-30(31)40(55)47-28-7-5-26(6-8-28)24-50-15-17-51(18-16-50)39-36(58-4)13-11-34-38(39)49(3)42(57)52(34)35-12-14-37(54)48-41(35)56/h9-11,13,19-20,22-23,25-26,28,35H,5-8,12,14-18,24H2,1-4H3,(H,44,46)(H,47,55)(H,48,54,56)/t26-,28-,35?. The van der Waals surface area contributed by atoms with Gasteiger partial charge in [0, 0.05) is 64.5 Å². The number of amides is 3. The molecule has 4 aromatic heterocycles. The fraction of sp³-hybridized carbons (Fsp3) is 0.452. The van der Waals surface area contributed by atoms with Crippen LogP contribution in [0, 0.1) is 17.2 Å². The molecule has 5 aromatic rings. The Morgan fingerprint density at radius 3 is 2.50 bits per heavy atom. The predicted molar refractivity (Wildman–Crippen MR) is 219 cm³/mol. The van der Waals surface area contributed by atoms with Gasteiger partial charge in [-0.25, -0.2) is 9.31 Å². The number of pyridine rings is 1. The first-order valence-corrected chi connectivity index (χ1v) is 20.1. The molecule has 1 aromatic carbocycles. The van der Waals surface area contributed by atoms with Gasteiger partial charge in [-0.1, -0.05) is 0 Å². The number of piperazine rings is 1. The molecule has 3 aliphatic rings. The van der Waals surface area contributed by atoms with E-state index in [-0.39, 0.29) is 42.4 Å². The smallest absolute Gasteiger partial charge is 0.329 e. The SMILES string of the molecule is COc1ccc2c(c1N1CCN(C[C@H]3CC[C@H](NC(=O)c4cnc(-c5ccc6cc(C#N)cnn56)cc4NC(C)C)CC3)CC1)n(C)c(=O)n2C1CCC(=O)NC1=O. The topological polar surface area (TPSA) is 184 Å². The fourth-order valence-corrected chi connectivity index (χ4v) is 8.87. The molecule has 3 fully saturated rings. The summed E-state index contributed by atoms with van der Waals surface area (Å²) in [6.45, 7) is 8.24. The van der Waals surface area contributed by atoms with Crippen LogP contribution in [0.5, 0.6) is 5.75 Å². The minimum atomic E-state index is -0.755. The highest BCUT2D eigenvalue weighted by molar-refractivity contribution is 6.01. The Morgan fingerprint density at radius 2 is 1.79 bits per heavy atom. The molecule has 1 unspecified atom stereocenters. The van der Waals surface area contributed by atoms with Crippen LogP contribution in [0.2, 0.25) is 0 Å². The number of carbonyl (C=O) groups excluding carboxylic acids is 3. The minimum Gasteiger partial charge on any atom is -0.494 e. The molecule has 1 aliphatic carbocycles. The van der Waals surface area contributed by atoms with Crippen molar-refractivity contribution < 1.29 is 19.1 Å². The molecule has 16 nitrogen and oxygen atoms in total. The van der Waals surface area contributed by atoms with E-state index in [1.54, 1.807) is 35.5 Å². The molecular formula is C42H49N11O5. The number of nitriles is 1. The van der Waals surface area contributed by atoms with Gasteiger partial charge in [0.05, 0.1) is 58.1 Å². The second-order valence-corrected chi connectivity index (χ2v) is 16.0. The normalized spacial score (nSPS) is 20.3. The molecule has 8 rings (SSSR count). The third-order valence-corrected chi connectivity index (χ3v) is 11.8. The number of nitrogens with one attached hydrogen (secondary N) is 3. The van der Waals surface area contributed by atoms with Gasteiger partial charge < -0.3 is 20.3 Å². The lowest BCUT2D eigenvalue weighted by Gasteiger charge is -2.39. The van der Waals surface area contributed by atoms with Crippen LogP contribution >= 0.6 is 0 Å². The zero-order valence-electron chi connectivity index (χ0n) is 33.3. The number of imidazole rings is 1. The first-order valence-electron chi connectivity index (χ1n) is 20.1. The van der Waals surface area contributed by atoms with Gasteiger partial charge in [-0.05, 0) is 88.3 Å². The summed E-state index contributed by atoms with van der Waals surface area (Å²) in [4.78, 5) is 61.4. The van der Waals surface area contributed by atoms with Gasteiger partial charge in [-0.15, -0.1) is 0 Å². The van der Waals surface area contributed by atoms with Crippen molar-refractivity contribution in [2.75, 3.05) is 50.1 Å². The second kappa shape index (κ2) is 16.0. The number of anilines is 2. The van der Waals surface area contributed by atoms with E-state index in [2.05, 4.69) is 41.9 Å². The Labute approximate surface area is 335 Å². The van der Waals surface area contributed by atoms with Gasteiger partial charge in [0.1, 0.15) is 23.5 Å². The molecule has 1 atom stereocenters. The third kappa shape index (κ3) is 7.37. The summed E-state index contributed by atoms with van der Waals surface area (Å²) < 4.78 is 10.7. The Kier molecular flexibility index (Phi) is 10.6. The maximum absolute atomic E-state index is 13.7. The van der Waals surface area contributed by atoms with E-state index in [0.717, 1.165) is 75.3 Å². The number of nitrogens with zero attached hydrogens (tertiary/aromatic N) is 8. The number of hydrogen-bond acceptors (Lipinski definition) is 11. The number of aromatic nitrogens is 5. The van der Waals surface area contributed by atoms with Crippen LogP contribution in [0.4, 0.5) is 11.4 Å². The Hall–Kier alpha value is -6.21. The zero-order valence-corrected chi connectivity index (χ0v) is 33.3. The molecule has 1 saturated carbocycles. The van der Waals surface area contributed by atoms with Gasteiger partial charge in [0.15, 0.2) is 0 Å². The minimum absolute atomic E-state index is 0.0763. The van der Waals surface area contributed by atoms with Gasteiger partial charge >= 0.3 is 5.69 Å². The van der Waals surface area contributed by atoms with Gasteiger partial charge in [-0.2, -0.15) is 10.4 Å². The Bertz CT molecular complexity index is 2500. The van der Waals surface area contributed by atoms with Crippen molar-refractivity contribution in [2.24, 2.45) is 13.0 Å². The number of aryl methyl sites for hydroxylation is 1. The molecule has 2 aliphatic heterocycles. The number of fused-ring (bicyclic) bond motifs is 2. The van der Waals surface area contributed by atoms with E-state index >= 15 is 0 Å². The molecule has 6 heterocycles. The van der Waals surface area contributed by atoms with Crippen LogP contribution in [-0.2, 0) is 16.6 Å². The summed E-state index contributed by atoms with van der Waals surface area (Å²) >= 11 is 0. The Morgan fingerprint density at radius 1 is 1.02 bits per heavy atom. The number of hydrogen-bond donors (Lipinski definition) is 3. The van der Waals surface area contributed by atoms with E-state index in [1.165, 1.54) is 10.8 Å². The molecular weight excluding hydrogens is 739 g/mol. The number of imide groups is 1. The van der Waals surface area contributed by atoms with Crippen LogP contribution in [0.25, 0.3) is 27.9 Å². The van der Waals surface area contributed by atoms with E-state index in [0.29, 0.717) is 45.2 Å². The average Bonchev–Trinajstić information content (AvgIpc) is 3.75. The summed E-state index contributed by atoms with van der Waals surface area (Å²) in [6.07, 6.45) is 7.46. The van der Waals surface area contributed by atoms with E-state index in [9.17, 15) is 24.4 Å². The number of methoxy groups -OCH3 is 1. The molecule has 0 bridgehead atoms. The summed E-state index contributed by atoms with van der Waals surface area (Å²) in [5.41, 5.74) is 5.80. The van der Waals surface area contributed by atoms with Crippen LogP contribution in [0.3, 0.4) is 0 Å². The molecule has 58 heavy (non-hydrogen) atoms. The van der Waals surface area contributed by atoms with Crippen molar-refractivity contribution in [1.82, 2.24) is 39.3 Å². The summed E-state index contributed by atoms with van der Waals surface area (Å²) in [5, 5.41) is 22.8. The molecule has 3 N–H and O–H groups in total. The van der Waals surface area contributed by atoms with Crippen molar-refractivity contribution in [1.29, 1.82) is 5.26 Å². The maximum Gasteiger partial charge on any atom is 0.329 e. The van der Waals surface area contributed by atoms with Crippen molar-refractivity contribution in [2.45, 2.75) is 70.5 Å². The lowest BCUT2D eigenvalue weighted by atomic mass is 9.85.